The van der Waals surface area contributed by atoms with Crippen molar-refractivity contribution in [2.45, 2.75) is 97.0 Å². The number of anilines is 1. The first-order chi connectivity index (χ1) is 17.1. The molecule has 2 amide bonds. The van der Waals surface area contributed by atoms with Crippen LogP contribution < -0.4 is 14.5 Å². The Kier molecular flexibility index (Phi) is 9.87. The molecular formula is C28H46N2O6Si. The Labute approximate surface area is 223 Å². The molecule has 0 bridgehead atoms. The Bertz CT molecular complexity index is 977. The highest BCUT2D eigenvalue weighted by Gasteiger charge is 2.47. The van der Waals surface area contributed by atoms with Gasteiger partial charge >= 0.3 is 6.09 Å². The minimum absolute atomic E-state index is 0.177. The van der Waals surface area contributed by atoms with Crippen molar-refractivity contribution in [1.82, 2.24) is 4.90 Å². The fraction of sp³-hybridized carbons (Fsp3) is 0.643. The summed E-state index contributed by atoms with van der Waals surface area (Å²) in [6.07, 6.45) is -0.150. The molecule has 2 rings (SSSR count). The van der Waals surface area contributed by atoms with Crippen LogP contribution in [0.3, 0.4) is 0 Å². The second-order valence-corrected chi connectivity index (χ2v) is 17.2. The number of benzene rings is 1. The van der Waals surface area contributed by atoms with Crippen LogP contribution in [-0.4, -0.2) is 62.2 Å². The van der Waals surface area contributed by atoms with Gasteiger partial charge in [-0.3, -0.25) is 10.1 Å². The van der Waals surface area contributed by atoms with Crippen molar-refractivity contribution >= 4 is 26.0 Å². The summed E-state index contributed by atoms with van der Waals surface area (Å²) in [6.45, 7) is 22.6. The smallest absolute Gasteiger partial charge is 0.412 e. The van der Waals surface area contributed by atoms with Crippen molar-refractivity contribution in [3.8, 4) is 11.5 Å². The van der Waals surface area contributed by atoms with Crippen molar-refractivity contribution in [1.29, 1.82) is 0 Å². The second-order valence-electron chi connectivity index (χ2n) is 11.8. The van der Waals surface area contributed by atoms with Crippen LogP contribution in [0.4, 0.5) is 10.5 Å². The molecule has 1 aromatic carbocycles. The molecule has 1 heterocycles. The highest BCUT2D eigenvalue weighted by molar-refractivity contribution is 6.78. The fourth-order valence-corrected chi connectivity index (χ4v) is 10.7. The zero-order valence-corrected chi connectivity index (χ0v) is 25.2. The number of hydrogen-bond donors (Lipinski definition) is 2. The second kappa shape index (κ2) is 11.9. The van der Waals surface area contributed by atoms with E-state index in [-0.39, 0.29) is 29.8 Å². The van der Waals surface area contributed by atoms with E-state index in [2.05, 4.69) is 53.4 Å². The fourth-order valence-electron chi connectivity index (χ4n) is 5.47. The van der Waals surface area contributed by atoms with E-state index in [4.69, 9.17) is 13.9 Å². The SMILES string of the molecule is C=C1C[C@@H](CO)N(C(=O)c2cc(OC)c(O[Si](C(C)C)(C(C)C)C(C)C)cc2NC(=O)OC(C)(C)C)C1. The monoisotopic (exact) mass is 534 g/mol. The number of hydrogen-bond acceptors (Lipinski definition) is 6. The number of amides is 2. The maximum absolute atomic E-state index is 13.7. The van der Waals surface area contributed by atoms with Crippen LogP contribution in [0, 0.1) is 0 Å². The predicted molar refractivity (Wildman–Crippen MR) is 150 cm³/mol. The predicted octanol–water partition coefficient (Wildman–Crippen LogP) is 6.36. The average Bonchev–Trinajstić information content (AvgIpc) is 3.15. The van der Waals surface area contributed by atoms with Gasteiger partial charge in [0.1, 0.15) is 11.4 Å². The third-order valence-corrected chi connectivity index (χ3v) is 13.0. The van der Waals surface area contributed by atoms with Gasteiger partial charge in [0.15, 0.2) is 5.75 Å². The quantitative estimate of drug-likeness (QED) is 0.283. The molecule has 8 nitrogen and oxygen atoms in total. The first kappa shape index (κ1) is 30.7. The van der Waals surface area contributed by atoms with Crippen LogP contribution in [0.2, 0.25) is 16.6 Å². The molecular weight excluding hydrogens is 488 g/mol. The molecule has 1 fully saturated rings. The van der Waals surface area contributed by atoms with Gasteiger partial charge in [0.25, 0.3) is 14.2 Å². The summed E-state index contributed by atoms with van der Waals surface area (Å²) in [6, 6.07) is 2.91. The van der Waals surface area contributed by atoms with Crippen LogP contribution in [0.25, 0.3) is 0 Å². The number of aliphatic hydroxyl groups excluding tert-OH is 1. The molecule has 0 aromatic heterocycles. The Hall–Kier alpha value is -2.52. The van der Waals surface area contributed by atoms with Gasteiger partial charge in [0.2, 0.25) is 0 Å². The van der Waals surface area contributed by atoms with Gasteiger partial charge < -0.3 is 23.9 Å². The summed E-state index contributed by atoms with van der Waals surface area (Å²) in [7, 11) is -0.840. The van der Waals surface area contributed by atoms with E-state index in [1.807, 2.05) is 0 Å². The van der Waals surface area contributed by atoms with Crippen LogP contribution in [-0.2, 0) is 4.74 Å². The van der Waals surface area contributed by atoms with E-state index in [0.717, 1.165) is 5.57 Å². The molecule has 0 saturated carbocycles. The Morgan fingerprint density at radius 2 is 1.68 bits per heavy atom. The number of methoxy groups -OCH3 is 1. The van der Waals surface area contributed by atoms with Crippen molar-refractivity contribution in [2.75, 3.05) is 25.6 Å². The van der Waals surface area contributed by atoms with Crippen molar-refractivity contribution in [2.24, 2.45) is 0 Å². The van der Waals surface area contributed by atoms with Crippen molar-refractivity contribution < 1.29 is 28.6 Å². The summed E-state index contributed by atoms with van der Waals surface area (Å²) >= 11 is 0. The molecule has 208 valence electrons. The number of rotatable bonds is 9. The van der Waals surface area contributed by atoms with E-state index in [9.17, 15) is 14.7 Å². The number of carbonyl (C=O) groups excluding carboxylic acids is 2. The summed E-state index contributed by atoms with van der Waals surface area (Å²) in [5.74, 6) is 0.557. The normalized spacial score (nSPS) is 16.5. The largest absolute Gasteiger partial charge is 0.540 e. The molecule has 37 heavy (non-hydrogen) atoms. The maximum atomic E-state index is 13.7. The first-order valence-electron chi connectivity index (χ1n) is 13.1. The summed E-state index contributed by atoms with van der Waals surface area (Å²) in [5.41, 5.74) is 1.56. The lowest BCUT2D eigenvalue weighted by Crippen LogP contribution is -2.50. The van der Waals surface area contributed by atoms with E-state index in [1.54, 1.807) is 37.8 Å². The summed E-state index contributed by atoms with van der Waals surface area (Å²) < 4.78 is 18.1. The van der Waals surface area contributed by atoms with Gasteiger partial charge in [-0.1, -0.05) is 53.7 Å². The van der Waals surface area contributed by atoms with Gasteiger partial charge in [-0.2, -0.15) is 0 Å². The van der Waals surface area contributed by atoms with E-state index in [0.29, 0.717) is 41.1 Å². The molecule has 1 aliphatic rings. The van der Waals surface area contributed by atoms with Gasteiger partial charge in [-0.25, -0.2) is 4.79 Å². The molecule has 0 radical (unpaired) electrons. The number of nitrogens with zero attached hydrogens (tertiary/aromatic N) is 1. The third kappa shape index (κ3) is 6.87. The van der Waals surface area contributed by atoms with E-state index < -0.39 is 20.0 Å². The van der Waals surface area contributed by atoms with Gasteiger partial charge in [0.05, 0.1) is 31.0 Å². The Morgan fingerprint density at radius 3 is 2.14 bits per heavy atom. The van der Waals surface area contributed by atoms with E-state index in [1.165, 1.54) is 7.11 Å². The highest BCUT2D eigenvalue weighted by Crippen LogP contribution is 2.46. The molecule has 1 aliphatic heterocycles. The maximum Gasteiger partial charge on any atom is 0.412 e. The minimum atomic E-state index is -2.38. The van der Waals surface area contributed by atoms with Crippen molar-refractivity contribution in [3.05, 3.63) is 29.8 Å². The van der Waals surface area contributed by atoms with Crippen LogP contribution in [0.5, 0.6) is 11.5 Å². The third-order valence-electron chi connectivity index (χ3n) is 6.99. The molecule has 1 aromatic rings. The number of ether oxygens (including phenoxy) is 2. The topological polar surface area (TPSA) is 97.3 Å². The van der Waals surface area contributed by atoms with E-state index >= 15 is 0 Å². The first-order valence-corrected chi connectivity index (χ1v) is 15.2. The van der Waals surface area contributed by atoms with Crippen LogP contribution in [0.1, 0.15) is 79.1 Å². The Balaban J connectivity index is 2.67. The lowest BCUT2D eigenvalue weighted by Gasteiger charge is -2.42. The van der Waals surface area contributed by atoms with Crippen LogP contribution in [0.15, 0.2) is 24.3 Å². The van der Waals surface area contributed by atoms with Gasteiger partial charge in [-0.15, -0.1) is 0 Å². The molecule has 0 unspecified atom stereocenters. The standard InChI is InChI=1S/C28H46N2O6Si/c1-17(2)37(18(3)4,19(5)6)36-25-14-23(29-27(33)35-28(8,9)10)22(13-24(25)34-11)26(32)30-15-20(7)12-21(30)16-31/h13-14,17-19,21,31H,7,12,15-16H2,1-6,8-11H3,(H,29,33)/t21-/m0/s1. The molecule has 0 aliphatic carbocycles. The number of aliphatic hydroxyl groups is 1. The zero-order chi connectivity index (χ0) is 28.3. The number of carbonyl (C=O) groups is 2. The minimum Gasteiger partial charge on any atom is -0.540 e. The molecule has 9 heteroatoms. The average molecular weight is 535 g/mol. The lowest BCUT2D eigenvalue weighted by atomic mass is 10.1. The molecule has 2 N–H and O–H groups in total. The number of nitrogens with one attached hydrogen (secondary N) is 1. The number of likely N-dealkylation sites (tertiary alicyclic amines) is 1. The molecule has 1 saturated heterocycles. The van der Waals surface area contributed by atoms with Crippen molar-refractivity contribution in [3.63, 3.8) is 0 Å². The highest BCUT2D eigenvalue weighted by atomic mass is 28.4. The van der Waals surface area contributed by atoms with Gasteiger partial charge in [-0.05, 0) is 49.9 Å². The van der Waals surface area contributed by atoms with Gasteiger partial charge in [0, 0.05) is 12.6 Å². The Morgan fingerprint density at radius 1 is 1.11 bits per heavy atom. The summed E-state index contributed by atoms with van der Waals surface area (Å²) in [5, 5.41) is 12.6. The molecule has 1 atom stereocenters. The molecule has 0 spiro atoms. The summed E-state index contributed by atoms with van der Waals surface area (Å²) in [4.78, 5) is 28.1. The zero-order valence-electron chi connectivity index (χ0n) is 24.2. The van der Waals surface area contributed by atoms with Crippen LogP contribution >= 0.6 is 0 Å². The lowest BCUT2D eigenvalue weighted by molar-refractivity contribution is 0.0635.